The van der Waals surface area contributed by atoms with Crippen LogP contribution >= 0.6 is 33.2 Å². The minimum Gasteiger partial charge on any atom is -0.480 e. The van der Waals surface area contributed by atoms with Crippen molar-refractivity contribution < 1.29 is 62.6 Å². The van der Waals surface area contributed by atoms with Gasteiger partial charge in [0.05, 0.1) is 0 Å². The molecule has 0 bridgehead atoms. The van der Waals surface area contributed by atoms with Crippen molar-refractivity contribution in [2.24, 2.45) is 33.2 Å². The van der Waals surface area contributed by atoms with Gasteiger partial charge in [0.25, 0.3) is 0 Å². The summed E-state index contributed by atoms with van der Waals surface area (Å²) < 4.78 is 0. The van der Waals surface area contributed by atoms with Crippen molar-refractivity contribution in [3.8, 4) is 0 Å². The molecule has 0 saturated carbocycles. The van der Waals surface area contributed by atoms with Crippen molar-refractivity contribution >= 4 is 132 Å². The number of carboxylic acids is 1. The minimum absolute atomic E-state index is 0.0288. The van der Waals surface area contributed by atoms with Gasteiger partial charge in [-0.3, -0.25) is 57.7 Å². The Morgan fingerprint density at radius 1 is 0.737 bits per heavy atom. The summed E-state index contributed by atoms with van der Waals surface area (Å²) in [5, 5.41) is 39.2. The molecule has 4 aromatic carbocycles. The third kappa shape index (κ3) is 22.8. The Balaban J connectivity index is 1.24. The zero-order chi connectivity index (χ0) is 71.9. The van der Waals surface area contributed by atoms with Gasteiger partial charge in [-0.2, -0.15) is 0 Å². The van der Waals surface area contributed by atoms with Crippen LogP contribution in [-0.4, -0.2) is 183 Å². The number of fused-ring (bicyclic) bond motifs is 2. The fourth-order valence-corrected chi connectivity index (χ4v) is 13.7. The second kappa shape index (κ2) is 37.1. The Bertz CT molecular complexity index is 3870. The van der Waals surface area contributed by atoms with E-state index in [2.05, 4.69) is 67.9 Å². The maximum atomic E-state index is 15.2. The van der Waals surface area contributed by atoms with Gasteiger partial charge < -0.3 is 80.0 Å². The molecule has 10 atom stereocenters. The van der Waals surface area contributed by atoms with Crippen LogP contribution in [0.1, 0.15) is 76.0 Å². The van der Waals surface area contributed by atoms with E-state index < -0.39 is 144 Å². The molecule has 2 aliphatic heterocycles. The lowest BCUT2D eigenvalue weighted by Gasteiger charge is -2.31. The first kappa shape index (κ1) is 76.4. The summed E-state index contributed by atoms with van der Waals surface area (Å²) in [5.41, 5.74) is 28.3. The third-order valence-electron chi connectivity index (χ3n) is 16.2. The van der Waals surface area contributed by atoms with Crippen LogP contribution < -0.4 is 65.1 Å². The minimum atomic E-state index is -1.92. The topological polar surface area (TPSA) is 492 Å². The number of halogens is 1. The number of nitrogens with two attached hydrogens (primary N) is 3. The molecule has 11 amide bonds. The summed E-state index contributed by atoms with van der Waals surface area (Å²) in [5.74, 6) is -12.5. The molecule has 0 radical (unpaired) electrons. The predicted octanol–water partition coefficient (Wildman–Crippen LogP) is 1.14. The molecule has 99 heavy (non-hydrogen) atoms. The van der Waals surface area contributed by atoms with E-state index >= 15 is 9.59 Å². The smallest absolute Gasteiger partial charge is 0.327 e. The SMILES string of the molecule is CC(=O)N[C@@H]1CSSC[C@@H](C(=O)N[C@H](Cc2ccc3ccccc3c2)C(=O)N[C@@H](CC(C)C)C(=O)N[C@@H](CCCN=C(N)N)C(=O)N2CCC[C@H]2C(=O)N[C@@H](CN)C(=O)O)NC(=O)[C@H](CC(=O)N=[N+]=[N-])NC(=O)[C@@H](Cc2c[nH]c3ccccc23)NC(=O)[C@@H](Cc2ccc(Cl)cc2)NC1=O. The van der Waals surface area contributed by atoms with Gasteiger partial charge in [0.1, 0.15) is 60.4 Å². The van der Waals surface area contributed by atoms with Crippen LogP contribution in [0.25, 0.3) is 32.1 Å². The predicted molar refractivity (Wildman–Crippen MR) is 372 cm³/mol. The largest absolute Gasteiger partial charge is 0.480 e. The Kier molecular flexibility index (Phi) is 28.7. The molecule has 0 unspecified atom stereocenters. The number of carbonyl (C=O) groups is 12. The molecular weight excluding hydrogens is 1340 g/mol. The molecule has 528 valence electrons. The lowest BCUT2D eigenvalue weighted by atomic mass is 9.99. The molecule has 31 nitrogen and oxygen atoms in total. The quantitative estimate of drug-likeness (QED) is 0.00702. The van der Waals surface area contributed by atoms with Crippen LogP contribution in [0.5, 0.6) is 0 Å². The first-order chi connectivity index (χ1) is 47.3. The fraction of sp³-hybridized carbons (Fsp3) is 0.431. The van der Waals surface area contributed by atoms with Crippen molar-refractivity contribution in [2.45, 2.75) is 139 Å². The third-order valence-corrected chi connectivity index (χ3v) is 18.9. The second-order valence-electron chi connectivity index (χ2n) is 24.2. The van der Waals surface area contributed by atoms with Gasteiger partial charge in [-0.25, -0.2) is 4.79 Å². The molecule has 1 aromatic heterocycles. The number of likely N-dealkylation sites (tertiary alicyclic amines) is 1. The van der Waals surface area contributed by atoms with Crippen LogP contribution in [0.15, 0.2) is 107 Å². The molecule has 0 aliphatic carbocycles. The molecule has 2 saturated heterocycles. The van der Waals surface area contributed by atoms with E-state index in [1.54, 1.807) is 92.8 Å². The fourth-order valence-electron chi connectivity index (χ4n) is 11.3. The van der Waals surface area contributed by atoms with Gasteiger partial charge in [0.2, 0.25) is 65.0 Å². The number of nitrogens with zero attached hydrogens (tertiary/aromatic N) is 5. The van der Waals surface area contributed by atoms with E-state index in [1.165, 1.54) is 11.8 Å². The van der Waals surface area contributed by atoms with Crippen LogP contribution in [-0.2, 0) is 76.8 Å². The Hall–Kier alpha value is -9.95. The number of rotatable bonds is 26. The van der Waals surface area contributed by atoms with Crippen molar-refractivity contribution in [1.82, 2.24) is 57.7 Å². The second-order valence-corrected chi connectivity index (χ2v) is 27.2. The normalized spacial score (nSPS) is 19.8. The molecule has 2 fully saturated rings. The van der Waals surface area contributed by atoms with Gasteiger partial charge >= 0.3 is 5.97 Å². The number of carbonyl (C=O) groups excluding carboxylic acids is 11. The number of guanidine groups is 1. The van der Waals surface area contributed by atoms with E-state index in [4.69, 9.17) is 28.8 Å². The molecule has 3 heterocycles. The van der Waals surface area contributed by atoms with Crippen molar-refractivity contribution in [1.29, 1.82) is 0 Å². The number of para-hydroxylation sites is 1. The number of amides is 11. The number of H-pyrrole nitrogens is 1. The number of azide groups is 1. The average molecular weight is 1420 g/mol. The first-order valence-corrected chi connectivity index (χ1v) is 34.8. The Labute approximate surface area is 582 Å². The van der Waals surface area contributed by atoms with Gasteiger partial charge in [0, 0.05) is 90.8 Å². The number of hydrogen-bond acceptors (Lipinski definition) is 16. The highest BCUT2D eigenvalue weighted by atomic mass is 35.5. The number of benzene rings is 4. The summed E-state index contributed by atoms with van der Waals surface area (Å²) in [6, 6.07) is 11.3. The van der Waals surface area contributed by atoms with Gasteiger partial charge in [0.15, 0.2) is 5.96 Å². The van der Waals surface area contributed by atoms with Crippen LogP contribution in [0.4, 0.5) is 0 Å². The highest BCUT2D eigenvalue weighted by Gasteiger charge is 2.41. The molecule has 0 spiro atoms. The summed E-state index contributed by atoms with van der Waals surface area (Å²) in [6.07, 6.45) is 0.551. The summed E-state index contributed by atoms with van der Waals surface area (Å²) >= 11 is 6.20. The van der Waals surface area contributed by atoms with Gasteiger partial charge in [-0.1, -0.05) is 120 Å². The van der Waals surface area contributed by atoms with Crippen LogP contribution in [0.2, 0.25) is 5.02 Å². The molecule has 7 rings (SSSR count). The first-order valence-electron chi connectivity index (χ1n) is 31.9. The maximum Gasteiger partial charge on any atom is 0.327 e. The van der Waals surface area contributed by atoms with Crippen molar-refractivity contribution in [2.75, 3.05) is 31.1 Å². The lowest BCUT2D eigenvalue weighted by molar-refractivity contribution is -0.145. The van der Waals surface area contributed by atoms with Crippen molar-refractivity contribution in [3.05, 3.63) is 129 Å². The number of carboxylic acid groups (broad SMARTS) is 1. The van der Waals surface area contributed by atoms with Crippen LogP contribution in [0, 0.1) is 5.92 Å². The molecule has 17 N–H and O–H groups in total. The average Bonchev–Trinajstić information content (AvgIpc) is 1.80. The molecule has 2 aliphatic rings. The number of nitrogens with one attached hydrogen (secondary N) is 10. The Morgan fingerprint density at radius 2 is 1.36 bits per heavy atom. The number of aromatic amines is 1. The number of hydrogen-bond donors (Lipinski definition) is 14. The monoisotopic (exact) mass is 1420 g/mol. The standard InChI is InChI=1S/C65H81ClN18O13S2/c1-34(2)24-45(55(87)74-44(14-8-22-71-65(68)69)63(95)84-23-9-15-53(84)62(94)80-50(30-67)64(96)97)75-57(89)47(27-37-16-19-38-10-4-5-11-39(38)25-37)77-61(93)52-33-99-98-32-51(73-35(3)85)60(92)76-46(26-36-17-20-41(66)21-18-36)56(88)78-48(28-40-31-72-43-13-7-6-12-42(40)43)58(90)79-49(59(91)81-52)29-54(86)82-83-70/h4-7,10-13,16-21,25,31,34,44-53,72H,8-9,14-15,22-24,26-30,32-33,67H2,1-3H3,(H,73,85)(H,74,87)(H,75,89)(H,76,92)(H,77,93)(H,78,88)(H,79,90)(H,80,94)(H,81,91)(H,96,97)(H4,68,69,71)/t44-,45-,46+,47+,48+,49-,50-,51+,52-,53-/m0/s1. The van der Waals surface area contributed by atoms with E-state index in [0.29, 0.717) is 39.0 Å². The molecular formula is C65H81ClN18O13S2. The molecule has 5 aromatic rings. The maximum absolute atomic E-state index is 15.2. The summed E-state index contributed by atoms with van der Waals surface area (Å²) in [7, 11) is 1.90. The van der Waals surface area contributed by atoms with E-state index in [0.717, 1.165) is 32.4 Å². The van der Waals surface area contributed by atoms with E-state index in [9.17, 15) is 58.6 Å². The highest BCUT2D eigenvalue weighted by Crippen LogP contribution is 2.26. The van der Waals surface area contributed by atoms with E-state index in [-0.39, 0.29) is 81.4 Å². The van der Waals surface area contributed by atoms with Gasteiger partial charge in [-0.15, -0.1) is 0 Å². The highest BCUT2D eigenvalue weighted by molar-refractivity contribution is 8.76. The summed E-state index contributed by atoms with van der Waals surface area (Å²) in [4.78, 5) is 181. The molecule has 34 heteroatoms. The van der Waals surface area contributed by atoms with Crippen LogP contribution in [0.3, 0.4) is 0 Å². The Morgan fingerprint density at radius 3 is 2.05 bits per heavy atom. The zero-order valence-electron chi connectivity index (χ0n) is 54.5. The number of aliphatic carboxylic acids is 1. The zero-order valence-corrected chi connectivity index (χ0v) is 56.9. The lowest BCUT2D eigenvalue weighted by Crippen LogP contribution is -2.61. The summed E-state index contributed by atoms with van der Waals surface area (Å²) in [6.45, 7) is 4.39. The number of aliphatic imine (C=N–C) groups is 1. The number of aromatic nitrogens is 1. The van der Waals surface area contributed by atoms with E-state index in [1.807, 2.05) is 18.2 Å². The van der Waals surface area contributed by atoms with Gasteiger partial charge in [-0.05, 0) is 94.3 Å². The van der Waals surface area contributed by atoms with Crippen molar-refractivity contribution in [3.63, 3.8) is 0 Å².